The highest BCUT2D eigenvalue weighted by Gasteiger charge is 2.10. The maximum atomic E-state index is 11.8. The van der Waals surface area contributed by atoms with Crippen LogP contribution in [0, 0.1) is 0 Å². The molecule has 0 bridgehead atoms. The molecule has 0 unspecified atom stereocenters. The Bertz CT molecular complexity index is 457. The van der Waals surface area contributed by atoms with Crippen molar-refractivity contribution in [2.45, 2.75) is 40.2 Å². The molecule has 1 rings (SSSR count). The molecule has 16 heavy (non-hydrogen) atoms. The molecule has 0 aromatic carbocycles. The van der Waals surface area contributed by atoms with E-state index in [0.29, 0.717) is 6.54 Å². The van der Waals surface area contributed by atoms with E-state index in [1.54, 1.807) is 4.57 Å². The SMILES string of the molecule is CC(C)=CCn1c(C(C)C)nc(Cl)cc1=O. The summed E-state index contributed by atoms with van der Waals surface area (Å²) in [6.45, 7) is 8.56. The lowest BCUT2D eigenvalue weighted by Crippen LogP contribution is -2.24. The fraction of sp³-hybridized carbons (Fsp3) is 0.500. The molecule has 0 spiro atoms. The van der Waals surface area contributed by atoms with Crippen LogP contribution in [-0.4, -0.2) is 9.55 Å². The fourth-order valence-corrected chi connectivity index (χ4v) is 1.57. The van der Waals surface area contributed by atoms with Gasteiger partial charge in [0.15, 0.2) is 0 Å². The predicted molar refractivity (Wildman–Crippen MR) is 67.0 cm³/mol. The summed E-state index contributed by atoms with van der Waals surface area (Å²) < 4.78 is 1.66. The fourth-order valence-electron chi connectivity index (χ4n) is 1.39. The van der Waals surface area contributed by atoms with Crippen LogP contribution in [0.2, 0.25) is 5.15 Å². The van der Waals surface area contributed by atoms with Crippen LogP contribution in [0.1, 0.15) is 39.4 Å². The monoisotopic (exact) mass is 240 g/mol. The summed E-state index contributed by atoms with van der Waals surface area (Å²) in [5.74, 6) is 0.909. The van der Waals surface area contributed by atoms with Crippen molar-refractivity contribution in [3.8, 4) is 0 Å². The van der Waals surface area contributed by atoms with Crippen molar-refractivity contribution < 1.29 is 0 Å². The van der Waals surface area contributed by atoms with Gasteiger partial charge in [-0.1, -0.05) is 37.1 Å². The molecule has 0 aliphatic carbocycles. The number of nitrogens with zero attached hydrogens (tertiary/aromatic N) is 2. The third-order valence-corrected chi connectivity index (χ3v) is 2.40. The van der Waals surface area contributed by atoms with E-state index < -0.39 is 0 Å². The number of halogens is 1. The zero-order valence-corrected chi connectivity index (χ0v) is 10.9. The van der Waals surface area contributed by atoms with E-state index in [-0.39, 0.29) is 16.6 Å². The number of aromatic nitrogens is 2. The molecule has 88 valence electrons. The lowest BCUT2D eigenvalue weighted by molar-refractivity contribution is 0.631. The summed E-state index contributed by atoms with van der Waals surface area (Å²) in [4.78, 5) is 16.0. The van der Waals surface area contributed by atoms with Crippen LogP contribution in [0.4, 0.5) is 0 Å². The van der Waals surface area contributed by atoms with E-state index in [9.17, 15) is 4.79 Å². The van der Waals surface area contributed by atoms with Crippen LogP contribution in [-0.2, 0) is 6.54 Å². The first-order chi connectivity index (χ1) is 7.41. The van der Waals surface area contributed by atoms with Crippen LogP contribution >= 0.6 is 11.6 Å². The number of hydrogen-bond donors (Lipinski definition) is 0. The van der Waals surface area contributed by atoms with Crippen molar-refractivity contribution in [1.29, 1.82) is 0 Å². The maximum absolute atomic E-state index is 11.8. The molecular formula is C12H17ClN2O. The van der Waals surface area contributed by atoms with E-state index in [1.807, 2.05) is 33.8 Å². The second-order valence-corrected chi connectivity index (χ2v) is 4.71. The molecule has 1 heterocycles. The minimum atomic E-state index is -0.0961. The summed E-state index contributed by atoms with van der Waals surface area (Å²) in [7, 11) is 0. The molecule has 0 amide bonds. The summed E-state index contributed by atoms with van der Waals surface area (Å²) in [6.07, 6.45) is 2.00. The molecule has 0 saturated carbocycles. The Morgan fingerprint density at radius 3 is 2.69 bits per heavy atom. The van der Waals surface area contributed by atoms with E-state index in [2.05, 4.69) is 4.98 Å². The second-order valence-electron chi connectivity index (χ2n) is 4.32. The normalized spacial score (nSPS) is 10.6. The average Bonchev–Trinajstić information content (AvgIpc) is 2.14. The molecule has 4 heteroatoms. The quantitative estimate of drug-likeness (QED) is 0.601. The molecule has 0 aliphatic rings. The van der Waals surface area contributed by atoms with Gasteiger partial charge in [-0.15, -0.1) is 0 Å². The molecule has 0 saturated heterocycles. The van der Waals surface area contributed by atoms with E-state index in [0.717, 1.165) is 5.82 Å². The van der Waals surface area contributed by atoms with Gasteiger partial charge in [0, 0.05) is 18.5 Å². The van der Waals surface area contributed by atoms with Crippen LogP contribution in [0.5, 0.6) is 0 Å². The van der Waals surface area contributed by atoms with Gasteiger partial charge in [0.1, 0.15) is 11.0 Å². The lowest BCUT2D eigenvalue weighted by Gasteiger charge is -2.13. The van der Waals surface area contributed by atoms with Gasteiger partial charge in [-0.2, -0.15) is 0 Å². The zero-order valence-electron chi connectivity index (χ0n) is 10.1. The van der Waals surface area contributed by atoms with Gasteiger partial charge in [0.05, 0.1) is 0 Å². The standard InChI is InChI=1S/C12H17ClN2O/c1-8(2)5-6-15-11(16)7-10(13)14-12(15)9(3)4/h5,7,9H,6H2,1-4H3. The number of rotatable bonds is 3. The molecule has 3 nitrogen and oxygen atoms in total. The van der Waals surface area contributed by atoms with Crippen LogP contribution < -0.4 is 5.56 Å². The average molecular weight is 241 g/mol. The van der Waals surface area contributed by atoms with E-state index in [1.165, 1.54) is 11.6 Å². The zero-order chi connectivity index (χ0) is 12.3. The van der Waals surface area contributed by atoms with Gasteiger partial charge in [-0.25, -0.2) is 4.98 Å². The smallest absolute Gasteiger partial charge is 0.255 e. The first kappa shape index (κ1) is 13.0. The minimum absolute atomic E-state index is 0.0961. The Hall–Kier alpha value is -1.09. The van der Waals surface area contributed by atoms with E-state index in [4.69, 9.17) is 11.6 Å². The minimum Gasteiger partial charge on any atom is -0.292 e. The van der Waals surface area contributed by atoms with Gasteiger partial charge in [0.2, 0.25) is 0 Å². The molecular weight excluding hydrogens is 224 g/mol. The van der Waals surface area contributed by atoms with Gasteiger partial charge < -0.3 is 0 Å². The molecule has 0 radical (unpaired) electrons. The summed E-state index contributed by atoms with van der Waals surface area (Å²) >= 11 is 5.79. The summed E-state index contributed by atoms with van der Waals surface area (Å²) in [5, 5.41) is 0.266. The highest BCUT2D eigenvalue weighted by atomic mass is 35.5. The predicted octanol–water partition coefficient (Wildman–Crippen LogP) is 2.99. The van der Waals surface area contributed by atoms with Crippen molar-refractivity contribution >= 4 is 11.6 Å². The van der Waals surface area contributed by atoms with Gasteiger partial charge in [-0.3, -0.25) is 9.36 Å². The Morgan fingerprint density at radius 1 is 1.56 bits per heavy atom. The second kappa shape index (κ2) is 5.30. The Balaban J connectivity index is 3.25. The van der Waals surface area contributed by atoms with Crippen LogP contribution in [0.25, 0.3) is 0 Å². The number of allylic oxidation sites excluding steroid dienone is 2. The third-order valence-electron chi connectivity index (χ3n) is 2.21. The third kappa shape index (κ3) is 3.20. The topological polar surface area (TPSA) is 34.9 Å². The first-order valence-electron chi connectivity index (χ1n) is 5.32. The van der Waals surface area contributed by atoms with Crippen molar-refractivity contribution in [2.75, 3.05) is 0 Å². The van der Waals surface area contributed by atoms with Crippen LogP contribution in [0.3, 0.4) is 0 Å². The van der Waals surface area contributed by atoms with Crippen molar-refractivity contribution in [1.82, 2.24) is 9.55 Å². The Kier molecular flexibility index (Phi) is 4.30. The molecule has 1 aromatic rings. The highest BCUT2D eigenvalue weighted by molar-refractivity contribution is 6.29. The van der Waals surface area contributed by atoms with Gasteiger partial charge in [0.25, 0.3) is 5.56 Å². The largest absolute Gasteiger partial charge is 0.292 e. The van der Waals surface area contributed by atoms with Crippen molar-refractivity contribution in [2.24, 2.45) is 0 Å². The van der Waals surface area contributed by atoms with Crippen molar-refractivity contribution in [3.63, 3.8) is 0 Å². The Morgan fingerprint density at radius 2 is 2.19 bits per heavy atom. The highest BCUT2D eigenvalue weighted by Crippen LogP contribution is 2.12. The molecule has 0 aliphatic heterocycles. The molecule has 0 N–H and O–H groups in total. The first-order valence-corrected chi connectivity index (χ1v) is 5.70. The maximum Gasteiger partial charge on any atom is 0.255 e. The Labute approximate surface area is 101 Å². The summed E-state index contributed by atoms with van der Waals surface area (Å²) in [6, 6.07) is 1.35. The van der Waals surface area contributed by atoms with Gasteiger partial charge in [-0.05, 0) is 13.8 Å². The summed E-state index contributed by atoms with van der Waals surface area (Å²) in [5.41, 5.74) is 1.08. The lowest BCUT2D eigenvalue weighted by atomic mass is 10.2. The van der Waals surface area contributed by atoms with Crippen molar-refractivity contribution in [3.05, 3.63) is 39.0 Å². The molecule has 1 aromatic heterocycles. The van der Waals surface area contributed by atoms with E-state index >= 15 is 0 Å². The van der Waals surface area contributed by atoms with Gasteiger partial charge >= 0.3 is 0 Å². The van der Waals surface area contributed by atoms with Crippen LogP contribution in [0.15, 0.2) is 22.5 Å². The molecule has 0 fully saturated rings. The number of hydrogen-bond acceptors (Lipinski definition) is 2. The molecule has 0 atom stereocenters.